The molecule has 3 amide bonds. The summed E-state index contributed by atoms with van der Waals surface area (Å²) in [7, 11) is 0. The second-order valence-electron chi connectivity index (χ2n) is 9.46. The molecule has 0 radical (unpaired) electrons. The van der Waals surface area contributed by atoms with Crippen LogP contribution in [0.4, 0.5) is 5.13 Å². The minimum atomic E-state index is -1.09. The summed E-state index contributed by atoms with van der Waals surface area (Å²) in [6, 6.07) is 7.92. The highest BCUT2D eigenvalue weighted by molar-refractivity contribution is 7.17. The molecule has 1 aromatic carbocycles. The highest BCUT2D eigenvalue weighted by Gasteiger charge is 2.29. The number of H-pyrrole nitrogens is 1. The Kier molecular flexibility index (Phi) is 8.51. The fourth-order valence-corrected chi connectivity index (χ4v) is 6.07. The van der Waals surface area contributed by atoms with E-state index < -0.39 is 17.9 Å². The molecule has 1 aliphatic carbocycles. The first-order valence-electron chi connectivity index (χ1n) is 12.9. The van der Waals surface area contributed by atoms with Gasteiger partial charge in [0.2, 0.25) is 5.91 Å². The standard InChI is InChI=1S/C27H28N6O5S2/c1-15-23(40-27(30-15)32-22(34)12-16-6-4-9-19-18(16)13-29-33-19)25(36)31-20(26(37)38-17-7-2-3-8-17)14-28-24(35)21-10-5-11-39-21/h4-6,9-11,13,17,20H,2-3,7-8,12,14H2,1H3,(H,28,35)(H,29,33)(H,31,36)(H,30,32,34)/t20-/m0/s1. The summed E-state index contributed by atoms with van der Waals surface area (Å²) in [4.78, 5) is 56.5. The van der Waals surface area contributed by atoms with Crippen LogP contribution in [0.5, 0.6) is 0 Å². The van der Waals surface area contributed by atoms with E-state index in [1.165, 1.54) is 11.3 Å². The molecular formula is C27H28N6O5S2. The van der Waals surface area contributed by atoms with Crippen molar-refractivity contribution in [1.29, 1.82) is 0 Å². The SMILES string of the molecule is Cc1nc(NC(=O)Cc2cccc3[nH]ncc23)sc1C(=O)N[C@@H](CNC(=O)c1cccs1)C(=O)OC1CCCC1. The van der Waals surface area contributed by atoms with Crippen molar-refractivity contribution in [2.45, 2.75) is 51.2 Å². The molecule has 5 rings (SSSR count). The summed E-state index contributed by atoms with van der Waals surface area (Å²) in [6.07, 6.45) is 5.10. The number of nitrogens with one attached hydrogen (secondary N) is 4. The number of benzene rings is 1. The number of fused-ring (bicyclic) bond motifs is 1. The maximum absolute atomic E-state index is 13.2. The number of esters is 1. The first-order valence-corrected chi connectivity index (χ1v) is 14.6. The Morgan fingerprint density at radius 1 is 1.12 bits per heavy atom. The molecule has 1 atom stereocenters. The minimum absolute atomic E-state index is 0.107. The molecule has 4 aromatic rings. The Labute approximate surface area is 237 Å². The van der Waals surface area contributed by atoms with Crippen LogP contribution < -0.4 is 16.0 Å². The van der Waals surface area contributed by atoms with Gasteiger partial charge in [-0.25, -0.2) is 9.78 Å². The predicted octanol–water partition coefficient (Wildman–Crippen LogP) is 3.58. The maximum atomic E-state index is 13.2. The number of aryl methyl sites for hydroxylation is 1. The zero-order valence-corrected chi connectivity index (χ0v) is 23.3. The third-order valence-corrected chi connectivity index (χ3v) is 8.50. The van der Waals surface area contributed by atoms with E-state index in [1.807, 2.05) is 18.2 Å². The lowest BCUT2D eigenvalue weighted by Gasteiger charge is -2.20. The number of rotatable bonds is 10. The topological polar surface area (TPSA) is 155 Å². The molecule has 11 nitrogen and oxygen atoms in total. The van der Waals surface area contributed by atoms with Crippen molar-refractivity contribution in [2.75, 3.05) is 11.9 Å². The largest absolute Gasteiger partial charge is 0.461 e. The van der Waals surface area contributed by atoms with Crippen LogP contribution >= 0.6 is 22.7 Å². The van der Waals surface area contributed by atoms with Crippen molar-refractivity contribution in [3.8, 4) is 0 Å². The van der Waals surface area contributed by atoms with Crippen molar-refractivity contribution in [3.63, 3.8) is 0 Å². The predicted molar refractivity (Wildman–Crippen MR) is 152 cm³/mol. The molecule has 0 bridgehead atoms. The van der Waals surface area contributed by atoms with Crippen LogP contribution in [-0.4, -0.2) is 57.6 Å². The highest BCUT2D eigenvalue weighted by atomic mass is 32.1. The van der Waals surface area contributed by atoms with E-state index in [-0.39, 0.29) is 40.9 Å². The van der Waals surface area contributed by atoms with Crippen LogP contribution in [0, 0.1) is 6.92 Å². The van der Waals surface area contributed by atoms with Crippen molar-refractivity contribution in [2.24, 2.45) is 0 Å². The van der Waals surface area contributed by atoms with Crippen molar-refractivity contribution in [1.82, 2.24) is 25.8 Å². The number of ether oxygens (including phenoxy) is 1. The number of carbonyl (C=O) groups excluding carboxylic acids is 4. The Morgan fingerprint density at radius 3 is 2.73 bits per heavy atom. The number of hydrogen-bond donors (Lipinski definition) is 4. The molecule has 0 unspecified atom stereocenters. The molecule has 1 saturated carbocycles. The molecule has 1 fully saturated rings. The molecule has 13 heteroatoms. The van der Waals surface area contributed by atoms with Gasteiger partial charge in [0.05, 0.1) is 28.7 Å². The van der Waals surface area contributed by atoms with Crippen LogP contribution in [0.3, 0.4) is 0 Å². The molecule has 0 aliphatic heterocycles. The summed E-state index contributed by atoms with van der Waals surface area (Å²) in [5, 5.41) is 18.0. The fourth-order valence-electron chi connectivity index (χ4n) is 4.54. The van der Waals surface area contributed by atoms with Gasteiger partial charge in [0.15, 0.2) is 5.13 Å². The first kappa shape index (κ1) is 27.5. The quantitative estimate of drug-likeness (QED) is 0.209. The molecule has 0 spiro atoms. The summed E-state index contributed by atoms with van der Waals surface area (Å²) in [5.74, 6) is -1.77. The average Bonchev–Trinajstić information content (AvgIpc) is 3.74. The zero-order valence-electron chi connectivity index (χ0n) is 21.7. The lowest BCUT2D eigenvalue weighted by Crippen LogP contribution is -2.49. The van der Waals surface area contributed by atoms with Gasteiger partial charge in [-0.1, -0.05) is 29.5 Å². The van der Waals surface area contributed by atoms with Gasteiger partial charge in [-0.3, -0.25) is 19.5 Å². The first-order chi connectivity index (χ1) is 19.4. The van der Waals surface area contributed by atoms with E-state index in [1.54, 1.807) is 30.6 Å². The number of aromatic nitrogens is 3. The summed E-state index contributed by atoms with van der Waals surface area (Å²) in [6.45, 7) is 1.52. The number of thiophene rings is 1. The Balaban J connectivity index is 1.24. The number of aromatic amines is 1. The molecule has 1 aliphatic rings. The number of hydrogen-bond acceptors (Lipinski definition) is 9. The summed E-state index contributed by atoms with van der Waals surface area (Å²) in [5.41, 5.74) is 2.05. The van der Waals surface area contributed by atoms with E-state index >= 15 is 0 Å². The third-order valence-electron chi connectivity index (χ3n) is 6.56. The van der Waals surface area contributed by atoms with Crippen LogP contribution in [0.15, 0.2) is 41.9 Å². The summed E-state index contributed by atoms with van der Waals surface area (Å²) >= 11 is 2.29. The van der Waals surface area contributed by atoms with E-state index in [2.05, 4.69) is 31.1 Å². The second kappa shape index (κ2) is 12.4. The summed E-state index contributed by atoms with van der Waals surface area (Å²) < 4.78 is 5.62. The number of anilines is 1. The Morgan fingerprint density at radius 2 is 1.95 bits per heavy atom. The molecule has 40 heavy (non-hydrogen) atoms. The fraction of sp³-hybridized carbons (Fsp3) is 0.333. The Hall–Kier alpha value is -4.10. The number of carbonyl (C=O) groups is 4. The molecule has 3 aromatic heterocycles. The highest BCUT2D eigenvalue weighted by Crippen LogP contribution is 2.24. The lowest BCUT2D eigenvalue weighted by molar-refractivity contribution is -0.150. The van der Waals surface area contributed by atoms with E-state index in [9.17, 15) is 19.2 Å². The van der Waals surface area contributed by atoms with Crippen LogP contribution in [0.1, 0.15) is 56.3 Å². The van der Waals surface area contributed by atoms with E-state index in [4.69, 9.17) is 4.74 Å². The number of amides is 3. The van der Waals surface area contributed by atoms with Gasteiger partial charge in [0, 0.05) is 11.9 Å². The number of thiazole rings is 1. The number of nitrogens with zero attached hydrogens (tertiary/aromatic N) is 2. The van der Waals surface area contributed by atoms with Crippen LogP contribution in [-0.2, 0) is 20.7 Å². The molecular weight excluding hydrogens is 552 g/mol. The van der Waals surface area contributed by atoms with E-state index in [0.717, 1.165) is 53.5 Å². The molecule has 4 N–H and O–H groups in total. The van der Waals surface area contributed by atoms with Crippen LogP contribution in [0.25, 0.3) is 10.9 Å². The van der Waals surface area contributed by atoms with Gasteiger partial charge in [0.25, 0.3) is 11.8 Å². The van der Waals surface area contributed by atoms with Gasteiger partial charge in [-0.15, -0.1) is 11.3 Å². The average molecular weight is 581 g/mol. The van der Waals surface area contributed by atoms with Gasteiger partial charge in [-0.2, -0.15) is 5.10 Å². The van der Waals surface area contributed by atoms with Crippen LogP contribution in [0.2, 0.25) is 0 Å². The maximum Gasteiger partial charge on any atom is 0.330 e. The minimum Gasteiger partial charge on any atom is -0.461 e. The van der Waals surface area contributed by atoms with Crippen molar-refractivity contribution in [3.05, 3.63) is 62.9 Å². The third kappa shape index (κ3) is 6.54. The van der Waals surface area contributed by atoms with Crippen molar-refractivity contribution < 1.29 is 23.9 Å². The normalized spacial score (nSPS) is 14.1. The smallest absolute Gasteiger partial charge is 0.330 e. The molecule has 0 saturated heterocycles. The second-order valence-corrected chi connectivity index (χ2v) is 11.4. The van der Waals surface area contributed by atoms with Gasteiger partial charge in [0.1, 0.15) is 17.0 Å². The van der Waals surface area contributed by atoms with Gasteiger partial charge < -0.3 is 20.7 Å². The molecule has 3 heterocycles. The Bertz CT molecular complexity index is 1520. The van der Waals surface area contributed by atoms with Gasteiger partial charge in [-0.05, 0) is 55.7 Å². The molecule has 208 valence electrons. The monoisotopic (exact) mass is 580 g/mol. The van der Waals surface area contributed by atoms with E-state index in [0.29, 0.717) is 10.6 Å². The van der Waals surface area contributed by atoms with Crippen molar-refractivity contribution >= 4 is 62.4 Å². The zero-order chi connectivity index (χ0) is 28.1. The van der Waals surface area contributed by atoms with Gasteiger partial charge >= 0.3 is 5.97 Å². The lowest BCUT2D eigenvalue weighted by atomic mass is 10.1.